The summed E-state index contributed by atoms with van der Waals surface area (Å²) in [6.45, 7) is 15.2. The van der Waals surface area contributed by atoms with Crippen LogP contribution in [0.5, 0.6) is 0 Å². The van der Waals surface area contributed by atoms with Crippen molar-refractivity contribution in [2.75, 3.05) is 13.6 Å². The van der Waals surface area contributed by atoms with Crippen LogP contribution in [0, 0.1) is 0 Å². The number of likely N-dealkylation sites (N-methyl/N-ethyl adjacent to an activating group) is 1. The van der Waals surface area contributed by atoms with Crippen LogP contribution in [0.3, 0.4) is 0 Å². The van der Waals surface area contributed by atoms with Gasteiger partial charge < -0.3 is 4.90 Å². The summed E-state index contributed by atoms with van der Waals surface area (Å²) >= 11 is 0. The van der Waals surface area contributed by atoms with E-state index in [1.807, 2.05) is 4.68 Å². The summed E-state index contributed by atoms with van der Waals surface area (Å²) in [6.07, 6.45) is 0. The predicted molar refractivity (Wildman–Crippen MR) is 79.4 cm³/mol. The zero-order valence-corrected chi connectivity index (χ0v) is 13.8. The van der Waals surface area contributed by atoms with Crippen LogP contribution in [0.1, 0.15) is 47.4 Å². The Hall–Kier alpha value is -1.01. The fourth-order valence-corrected chi connectivity index (χ4v) is 3.02. The number of nitrogens with zero attached hydrogens (tertiary/aromatic N) is 6. The summed E-state index contributed by atoms with van der Waals surface area (Å²) in [6, 6.07) is 1.55. The van der Waals surface area contributed by atoms with Crippen LogP contribution >= 0.6 is 0 Å². The minimum Gasteiger partial charge on any atom is -0.301 e. The van der Waals surface area contributed by atoms with Gasteiger partial charge >= 0.3 is 0 Å². The summed E-state index contributed by atoms with van der Waals surface area (Å²) in [5.74, 6) is 0.952. The van der Waals surface area contributed by atoms with Crippen molar-refractivity contribution < 1.29 is 0 Å². The minimum absolute atomic E-state index is 0.0799. The maximum absolute atomic E-state index is 4.24. The third kappa shape index (κ3) is 2.86. The first-order chi connectivity index (χ1) is 9.21. The lowest BCUT2D eigenvalue weighted by molar-refractivity contribution is 0.00333. The van der Waals surface area contributed by atoms with Gasteiger partial charge in [0.1, 0.15) is 0 Å². The molecule has 2 rings (SSSR count). The number of tetrazole rings is 1. The van der Waals surface area contributed by atoms with Crippen molar-refractivity contribution in [1.82, 2.24) is 30.0 Å². The maximum Gasteiger partial charge on any atom is 0.165 e. The molecule has 6 nitrogen and oxygen atoms in total. The zero-order chi connectivity index (χ0) is 15.1. The van der Waals surface area contributed by atoms with Crippen molar-refractivity contribution in [3.05, 3.63) is 5.82 Å². The Morgan fingerprint density at radius 1 is 1.15 bits per heavy atom. The molecule has 0 aliphatic carbocycles. The quantitative estimate of drug-likeness (QED) is 0.818. The van der Waals surface area contributed by atoms with E-state index in [4.69, 9.17) is 0 Å². The molecule has 1 aromatic heterocycles. The molecule has 3 unspecified atom stereocenters. The first-order valence-corrected chi connectivity index (χ1v) is 7.45. The second-order valence-electron chi connectivity index (χ2n) is 7.12. The Balaban J connectivity index is 2.19. The predicted octanol–water partition coefficient (Wildman–Crippen LogP) is 1.34. The normalized spacial score (nSPS) is 29.9. The van der Waals surface area contributed by atoms with Crippen molar-refractivity contribution in [3.63, 3.8) is 0 Å². The molecule has 0 aromatic carbocycles. The average Bonchev–Trinajstić information content (AvgIpc) is 2.80. The summed E-state index contributed by atoms with van der Waals surface area (Å²) < 4.78 is 1.94. The third-order valence-corrected chi connectivity index (χ3v) is 4.53. The van der Waals surface area contributed by atoms with Gasteiger partial charge in [-0.15, -0.1) is 5.10 Å². The van der Waals surface area contributed by atoms with E-state index in [0.717, 1.165) is 18.9 Å². The first kappa shape index (κ1) is 15.4. The standard InChI is InChI=1S/C14H28N6/c1-10-8-18(7)11(2)12(3)19(10)9-13-15-16-17-20(13)14(4,5)6/h10-12H,8-9H2,1-7H3. The van der Waals surface area contributed by atoms with Gasteiger partial charge in [0.15, 0.2) is 5.82 Å². The second-order valence-corrected chi connectivity index (χ2v) is 7.12. The fraction of sp³-hybridized carbons (Fsp3) is 0.929. The molecule has 0 spiro atoms. The summed E-state index contributed by atoms with van der Waals surface area (Å²) in [5.41, 5.74) is -0.0799. The Labute approximate surface area is 122 Å². The van der Waals surface area contributed by atoms with E-state index < -0.39 is 0 Å². The van der Waals surface area contributed by atoms with Crippen molar-refractivity contribution in [3.8, 4) is 0 Å². The SMILES string of the molecule is CC1C(C)N(Cc2nnnn2C(C)(C)C)C(C)CN1C. The highest BCUT2D eigenvalue weighted by atomic mass is 15.6. The summed E-state index contributed by atoms with van der Waals surface area (Å²) in [7, 11) is 2.20. The molecule has 114 valence electrons. The molecule has 0 N–H and O–H groups in total. The molecule has 20 heavy (non-hydrogen) atoms. The van der Waals surface area contributed by atoms with E-state index in [0.29, 0.717) is 18.1 Å². The molecule has 0 saturated carbocycles. The molecule has 1 aliphatic rings. The van der Waals surface area contributed by atoms with Crippen LogP contribution in [0.2, 0.25) is 0 Å². The molecule has 1 aliphatic heterocycles. The lowest BCUT2D eigenvalue weighted by Crippen LogP contribution is -2.59. The largest absolute Gasteiger partial charge is 0.301 e. The minimum atomic E-state index is -0.0799. The lowest BCUT2D eigenvalue weighted by atomic mass is 10.0. The van der Waals surface area contributed by atoms with E-state index in [-0.39, 0.29) is 5.54 Å². The summed E-state index contributed by atoms with van der Waals surface area (Å²) in [5, 5.41) is 12.3. The molecular weight excluding hydrogens is 252 g/mol. The molecule has 1 aromatic rings. The molecule has 0 bridgehead atoms. The molecule has 2 heterocycles. The van der Waals surface area contributed by atoms with E-state index in [2.05, 4.69) is 73.9 Å². The van der Waals surface area contributed by atoms with Crippen LogP contribution in [-0.4, -0.2) is 61.7 Å². The molecule has 1 saturated heterocycles. The van der Waals surface area contributed by atoms with Gasteiger partial charge in [-0.1, -0.05) is 0 Å². The maximum atomic E-state index is 4.24. The van der Waals surface area contributed by atoms with Gasteiger partial charge in [0.2, 0.25) is 0 Å². The van der Waals surface area contributed by atoms with Gasteiger partial charge in [-0.25, -0.2) is 4.68 Å². The molecule has 0 radical (unpaired) electrons. The molecule has 0 amide bonds. The highest BCUT2D eigenvalue weighted by Crippen LogP contribution is 2.23. The lowest BCUT2D eigenvalue weighted by Gasteiger charge is -2.47. The van der Waals surface area contributed by atoms with Gasteiger partial charge in [-0.2, -0.15) is 0 Å². The van der Waals surface area contributed by atoms with E-state index >= 15 is 0 Å². The van der Waals surface area contributed by atoms with Crippen LogP contribution in [-0.2, 0) is 12.1 Å². The van der Waals surface area contributed by atoms with Crippen molar-refractivity contribution >= 4 is 0 Å². The number of hydrogen-bond acceptors (Lipinski definition) is 5. The number of rotatable bonds is 2. The van der Waals surface area contributed by atoms with Gasteiger partial charge in [-0.05, 0) is 59.0 Å². The highest BCUT2D eigenvalue weighted by molar-refractivity contribution is 4.94. The molecule has 6 heteroatoms. The Morgan fingerprint density at radius 2 is 1.80 bits per heavy atom. The van der Waals surface area contributed by atoms with E-state index in [1.54, 1.807) is 0 Å². The summed E-state index contributed by atoms with van der Waals surface area (Å²) in [4.78, 5) is 4.94. The van der Waals surface area contributed by atoms with Crippen LogP contribution < -0.4 is 0 Å². The fourth-order valence-electron chi connectivity index (χ4n) is 3.02. The van der Waals surface area contributed by atoms with Crippen molar-refractivity contribution in [2.24, 2.45) is 0 Å². The number of aromatic nitrogens is 4. The molecular formula is C14H28N6. The Morgan fingerprint density at radius 3 is 2.40 bits per heavy atom. The molecule has 1 fully saturated rings. The Bertz CT molecular complexity index is 449. The smallest absolute Gasteiger partial charge is 0.165 e. The van der Waals surface area contributed by atoms with Crippen LogP contribution in [0.4, 0.5) is 0 Å². The van der Waals surface area contributed by atoms with Gasteiger partial charge in [0.05, 0.1) is 12.1 Å². The molecule has 3 atom stereocenters. The van der Waals surface area contributed by atoms with Crippen LogP contribution in [0.15, 0.2) is 0 Å². The van der Waals surface area contributed by atoms with Gasteiger partial charge in [0.25, 0.3) is 0 Å². The van der Waals surface area contributed by atoms with Gasteiger partial charge in [0, 0.05) is 24.7 Å². The van der Waals surface area contributed by atoms with E-state index in [1.165, 1.54) is 0 Å². The third-order valence-electron chi connectivity index (χ3n) is 4.53. The van der Waals surface area contributed by atoms with E-state index in [9.17, 15) is 0 Å². The number of hydrogen-bond donors (Lipinski definition) is 0. The second kappa shape index (κ2) is 5.41. The van der Waals surface area contributed by atoms with Crippen LogP contribution in [0.25, 0.3) is 0 Å². The van der Waals surface area contributed by atoms with Crippen molar-refractivity contribution in [1.29, 1.82) is 0 Å². The van der Waals surface area contributed by atoms with Crippen molar-refractivity contribution in [2.45, 2.75) is 71.8 Å². The topological polar surface area (TPSA) is 50.1 Å². The zero-order valence-electron chi connectivity index (χ0n) is 13.8. The van der Waals surface area contributed by atoms with Gasteiger partial charge in [-0.3, -0.25) is 4.90 Å². The number of piperazine rings is 1. The average molecular weight is 280 g/mol. The Kier molecular flexibility index (Phi) is 4.16. The first-order valence-electron chi connectivity index (χ1n) is 7.45. The monoisotopic (exact) mass is 280 g/mol. The highest BCUT2D eigenvalue weighted by Gasteiger charge is 2.34.